The molecule has 0 saturated carbocycles. The first kappa shape index (κ1) is 12.3. The Morgan fingerprint density at radius 2 is 1.94 bits per heavy atom. The third-order valence-electron chi connectivity index (χ3n) is 2.48. The van der Waals surface area contributed by atoms with E-state index in [1.165, 1.54) is 4.68 Å². The van der Waals surface area contributed by atoms with Crippen LogP contribution in [0.5, 0.6) is 11.6 Å². The quantitative estimate of drug-likeness (QED) is 0.738. The van der Waals surface area contributed by atoms with Crippen molar-refractivity contribution in [3.05, 3.63) is 30.3 Å². The van der Waals surface area contributed by atoms with Gasteiger partial charge in [-0.25, -0.2) is 4.68 Å². The number of nitrogen functional groups attached to an aromatic ring is 2. The van der Waals surface area contributed by atoms with Gasteiger partial charge < -0.3 is 21.3 Å². The van der Waals surface area contributed by atoms with E-state index in [-0.39, 0.29) is 12.5 Å². The zero-order valence-corrected chi connectivity index (χ0v) is 9.91. The molecule has 18 heavy (non-hydrogen) atoms. The van der Waals surface area contributed by atoms with Gasteiger partial charge in [-0.2, -0.15) is 0 Å². The number of rotatable bonds is 5. The summed E-state index contributed by atoms with van der Waals surface area (Å²) in [7, 11) is 0. The second-order valence-corrected chi connectivity index (χ2v) is 3.82. The minimum Gasteiger partial charge on any atom is -0.436 e. The van der Waals surface area contributed by atoms with Crippen LogP contribution in [0.2, 0.25) is 0 Å². The number of hydrogen-bond donors (Lipinski definition) is 3. The average Bonchev–Trinajstić information content (AvgIpc) is 2.66. The van der Waals surface area contributed by atoms with Gasteiger partial charge in [0.2, 0.25) is 0 Å². The van der Waals surface area contributed by atoms with Crippen LogP contribution in [0.4, 0.5) is 11.5 Å². The first-order valence-corrected chi connectivity index (χ1v) is 5.68. The van der Waals surface area contributed by atoms with Crippen LogP contribution < -0.4 is 16.2 Å². The van der Waals surface area contributed by atoms with E-state index in [9.17, 15) is 0 Å². The molecule has 96 valence electrons. The number of aliphatic hydroxyl groups excluding tert-OH is 1. The van der Waals surface area contributed by atoms with Crippen molar-refractivity contribution >= 4 is 11.5 Å². The molecule has 0 fully saturated rings. The predicted octanol–water partition coefficient (Wildman–Crippen LogP) is 1.22. The summed E-state index contributed by atoms with van der Waals surface area (Å²) < 4.78 is 7.08. The maximum atomic E-state index is 8.79. The second kappa shape index (κ2) is 5.42. The van der Waals surface area contributed by atoms with Crippen molar-refractivity contribution in [2.45, 2.75) is 13.0 Å². The van der Waals surface area contributed by atoms with Crippen LogP contribution in [0.1, 0.15) is 6.42 Å². The summed E-state index contributed by atoms with van der Waals surface area (Å²) in [6, 6.07) is 9.23. The highest BCUT2D eigenvalue weighted by molar-refractivity contribution is 5.66. The summed E-state index contributed by atoms with van der Waals surface area (Å²) in [6.07, 6.45) is 0.566. The average molecular weight is 248 g/mol. The minimum atomic E-state index is 0.0775. The Kier molecular flexibility index (Phi) is 3.69. The SMILES string of the molecule is Nc1c(Oc2ccccc2)nn(CCCO)c1N. The van der Waals surface area contributed by atoms with Gasteiger partial charge in [0.15, 0.2) is 0 Å². The van der Waals surface area contributed by atoms with Crippen LogP contribution >= 0.6 is 0 Å². The van der Waals surface area contributed by atoms with Crippen molar-refractivity contribution in [1.82, 2.24) is 9.78 Å². The number of hydrogen-bond acceptors (Lipinski definition) is 5. The Morgan fingerprint density at radius 3 is 2.61 bits per heavy atom. The molecule has 2 rings (SSSR count). The molecule has 0 aliphatic heterocycles. The molecule has 6 heteroatoms. The maximum absolute atomic E-state index is 8.79. The fourth-order valence-corrected chi connectivity index (χ4v) is 1.53. The molecule has 0 saturated heterocycles. The van der Waals surface area contributed by atoms with Gasteiger partial charge in [0.25, 0.3) is 5.88 Å². The normalized spacial score (nSPS) is 10.5. The summed E-state index contributed by atoms with van der Waals surface area (Å²) in [4.78, 5) is 0. The van der Waals surface area contributed by atoms with E-state index < -0.39 is 0 Å². The summed E-state index contributed by atoms with van der Waals surface area (Å²) in [5.41, 5.74) is 12.0. The van der Waals surface area contributed by atoms with E-state index in [1.807, 2.05) is 30.3 Å². The van der Waals surface area contributed by atoms with E-state index >= 15 is 0 Å². The standard InChI is InChI=1S/C12H16N4O2/c13-10-11(14)16(7-4-8-17)15-12(10)18-9-5-2-1-3-6-9/h1-3,5-6,17H,4,7-8,13-14H2. The minimum absolute atomic E-state index is 0.0775. The number of para-hydroxylation sites is 1. The van der Waals surface area contributed by atoms with Gasteiger partial charge >= 0.3 is 0 Å². The fourth-order valence-electron chi connectivity index (χ4n) is 1.53. The first-order chi connectivity index (χ1) is 8.72. The molecule has 0 unspecified atom stereocenters. The molecular formula is C12H16N4O2. The summed E-state index contributed by atoms with van der Waals surface area (Å²) in [5.74, 6) is 1.29. The first-order valence-electron chi connectivity index (χ1n) is 5.68. The number of nitrogens with two attached hydrogens (primary N) is 2. The van der Waals surface area contributed by atoms with Crippen LogP contribution in [0.3, 0.4) is 0 Å². The number of aryl methyl sites for hydroxylation is 1. The van der Waals surface area contributed by atoms with Crippen LogP contribution in [-0.4, -0.2) is 21.5 Å². The maximum Gasteiger partial charge on any atom is 0.264 e. The lowest BCUT2D eigenvalue weighted by atomic mass is 10.3. The van der Waals surface area contributed by atoms with Crippen molar-refractivity contribution < 1.29 is 9.84 Å². The van der Waals surface area contributed by atoms with Gasteiger partial charge in [0, 0.05) is 13.2 Å². The number of ether oxygens (including phenoxy) is 1. The third kappa shape index (κ3) is 2.54. The molecule has 1 aromatic carbocycles. The molecular weight excluding hydrogens is 232 g/mol. The molecule has 2 aromatic rings. The van der Waals surface area contributed by atoms with E-state index in [0.29, 0.717) is 30.2 Å². The highest BCUT2D eigenvalue weighted by Gasteiger charge is 2.14. The van der Waals surface area contributed by atoms with Crippen LogP contribution in [0.25, 0.3) is 0 Å². The molecule has 0 spiro atoms. The van der Waals surface area contributed by atoms with Crippen LogP contribution in [-0.2, 0) is 6.54 Å². The number of aromatic nitrogens is 2. The predicted molar refractivity (Wildman–Crippen MR) is 69.3 cm³/mol. The Bertz CT molecular complexity index is 510. The van der Waals surface area contributed by atoms with Gasteiger partial charge in [0.1, 0.15) is 17.3 Å². The van der Waals surface area contributed by atoms with Crippen molar-refractivity contribution in [3.63, 3.8) is 0 Å². The molecule has 0 amide bonds. The molecule has 0 atom stereocenters. The van der Waals surface area contributed by atoms with Gasteiger partial charge in [0.05, 0.1) is 0 Å². The molecule has 1 heterocycles. The zero-order chi connectivity index (χ0) is 13.0. The van der Waals surface area contributed by atoms with E-state index in [0.717, 1.165) is 0 Å². The van der Waals surface area contributed by atoms with E-state index in [1.54, 1.807) is 0 Å². The van der Waals surface area contributed by atoms with Crippen molar-refractivity contribution in [2.24, 2.45) is 0 Å². The molecule has 6 nitrogen and oxygen atoms in total. The molecule has 1 aromatic heterocycles. The number of benzene rings is 1. The second-order valence-electron chi connectivity index (χ2n) is 3.82. The van der Waals surface area contributed by atoms with Crippen molar-refractivity contribution in [3.8, 4) is 11.6 Å². The highest BCUT2D eigenvalue weighted by Crippen LogP contribution is 2.30. The van der Waals surface area contributed by atoms with Gasteiger partial charge in [-0.1, -0.05) is 18.2 Å². The van der Waals surface area contributed by atoms with Crippen molar-refractivity contribution in [2.75, 3.05) is 18.1 Å². The number of anilines is 2. The third-order valence-corrected chi connectivity index (χ3v) is 2.48. The Balaban J connectivity index is 2.18. The lowest BCUT2D eigenvalue weighted by Gasteiger charge is -2.01. The van der Waals surface area contributed by atoms with Crippen LogP contribution in [0.15, 0.2) is 30.3 Å². The van der Waals surface area contributed by atoms with Gasteiger partial charge in [-0.15, -0.1) is 5.10 Å². The monoisotopic (exact) mass is 248 g/mol. The molecule has 0 aliphatic rings. The van der Waals surface area contributed by atoms with Crippen LogP contribution in [0, 0.1) is 0 Å². The lowest BCUT2D eigenvalue weighted by molar-refractivity contribution is 0.276. The van der Waals surface area contributed by atoms with E-state index in [2.05, 4.69) is 5.10 Å². The smallest absolute Gasteiger partial charge is 0.264 e. The van der Waals surface area contributed by atoms with Gasteiger partial charge in [-0.05, 0) is 18.6 Å². The van der Waals surface area contributed by atoms with Gasteiger partial charge in [-0.3, -0.25) is 0 Å². The molecule has 0 bridgehead atoms. The molecule has 0 aliphatic carbocycles. The van der Waals surface area contributed by atoms with E-state index in [4.69, 9.17) is 21.3 Å². The summed E-state index contributed by atoms with van der Waals surface area (Å²) >= 11 is 0. The fraction of sp³-hybridized carbons (Fsp3) is 0.250. The Morgan fingerprint density at radius 1 is 1.22 bits per heavy atom. The Hall–Kier alpha value is -2.21. The number of nitrogens with zero attached hydrogens (tertiary/aromatic N) is 2. The highest BCUT2D eigenvalue weighted by atomic mass is 16.5. The molecule has 5 N–H and O–H groups in total. The topological polar surface area (TPSA) is 99.3 Å². The molecule has 0 radical (unpaired) electrons. The number of aliphatic hydroxyl groups is 1. The lowest BCUT2D eigenvalue weighted by Crippen LogP contribution is -2.06. The zero-order valence-electron chi connectivity index (χ0n) is 9.91. The largest absolute Gasteiger partial charge is 0.436 e. The summed E-state index contributed by atoms with van der Waals surface area (Å²) in [5, 5.41) is 13.0. The summed E-state index contributed by atoms with van der Waals surface area (Å²) in [6.45, 7) is 0.582. The Labute approximate surface area is 105 Å². The van der Waals surface area contributed by atoms with Crippen molar-refractivity contribution in [1.29, 1.82) is 0 Å².